The third-order valence-electron chi connectivity index (χ3n) is 5.05. The Kier molecular flexibility index (Phi) is 3.96. The van der Waals surface area contributed by atoms with Crippen LogP contribution in [0.1, 0.15) is 51.1 Å². The van der Waals surface area contributed by atoms with Crippen LogP contribution in [0.15, 0.2) is 41.5 Å². The molecule has 0 bridgehead atoms. The molecule has 4 nitrogen and oxygen atoms in total. The first-order valence-electron chi connectivity index (χ1n) is 8.18. The zero-order chi connectivity index (χ0) is 15.7. The van der Waals surface area contributed by atoms with Gasteiger partial charge < -0.3 is 5.73 Å². The molecule has 1 fully saturated rings. The average Bonchev–Trinajstić information content (AvgIpc) is 3.14. The maximum Gasteiger partial charge on any atom is 0.332 e. The van der Waals surface area contributed by atoms with Crippen molar-refractivity contribution in [3.05, 3.63) is 52.7 Å². The van der Waals surface area contributed by atoms with Crippen molar-refractivity contribution in [2.75, 3.05) is 6.54 Å². The molecule has 1 saturated carbocycles. The van der Waals surface area contributed by atoms with Crippen molar-refractivity contribution in [3.63, 3.8) is 0 Å². The molecule has 0 aliphatic heterocycles. The molecule has 4 heteroatoms. The molecule has 1 heterocycles. The van der Waals surface area contributed by atoms with Gasteiger partial charge in [0.1, 0.15) is 0 Å². The maximum absolute atomic E-state index is 12.5. The minimum Gasteiger partial charge on any atom is -0.330 e. The van der Waals surface area contributed by atoms with Crippen molar-refractivity contribution < 1.29 is 0 Å². The summed E-state index contributed by atoms with van der Waals surface area (Å²) in [4.78, 5) is 12.5. The number of hydrogen-bond acceptors (Lipinski definition) is 2. The summed E-state index contributed by atoms with van der Waals surface area (Å²) in [6, 6.07) is 8.51. The zero-order valence-corrected chi connectivity index (χ0v) is 13.5. The fraction of sp³-hybridized carbons (Fsp3) is 0.500. The lowest BCUT2D eigenvalue weighted by molar-refractivity contribution is 0.453. The Morgan fingerprint density at radius 2 is 1.95 bits per heavy atom. The Balaban J connectivity index is 2.03. The van der Waals surface area contributed by atoms with Crippen LogP contribution < -0.4 is 11.4 Å². The molecule has 0 spiro atoms. The van der Waals surface area contributed by atoms with E-state index in [1.54, 1.807) is 9.13 Å². The van der Waals surface area contributed by atoms with Crippen molar-refractivity contribution in [1.82, 2.24) is 9.13 Å². The lowest BCUT2D eigenvalue weighted by Crippen LogP contribution is -2.32. The zero-order valence-electron chi connectivity index (χ0n) is 13.5. The van der Waals surface area contributed by atoms with E-state index < -0.39 is 0 Å². The van der Waals surface area contributed by atoms with Crippen molar-refractivity contribution in [3.8, 4) is 5.69 Å². The highest BCUT2D eigenvalue weighted by Crippen LogP contribution is 2.40. The molecule has 1 aromatic heterocycles. The summed E-state index contributed by atoms with van der Waals surface area (Å²) in [5.74, 6) is 0. The summed E-state index contributed by atoms with van der Waals surface area (Å²) in [5.41, 5.74) is 8.41. The molecule has 0 amide bonds. The summed E-state index contributed by atoms with van der Waals surface area (Å²) in [5, 5.41) is 0. The van der Waals surface area contributed by atoms with Gasteiger partial charge in [-0.2, -0.15) is 0 Å². The Hall–Kier alpha value is -1.81. The molecule has 3 rings (SSSR count). The minimum atomic E-state index is 0.0142. The number of hydrogen-bond donors (Lipinski definition) is 1. The molecule has 1 aromatic carbocycles. The van der Waals surface area contributed by atoms with Gasteiger partial charge in [-0.15, -0.1) is 0 Å². The van der Waals surface area contributed by atoms with E-state index in [1.807, 2.05) is 38.4 Å². The third-order valence-corrected chi connectivity index (χ3v) is 5.05. The molecule has 1 aliphatic carbocycles. The second kappa shape index (κ2) is 5.76. The Morgan fingerprint density at radius 1 is 1.23 bits per heavy atom. The monoisotopic (exact) mass is 299 g/mol. The summed E-state index contributed by atoms with van der Waals surface area (Å²) < 4.78 is 3.48. The van der Waals surface area contributed by atoms with Gasteiger partial charge in [0.05, 0.1) is 5.69 Å². The lowest BCUT2D eigenvalue weighted by Gasteiger charge is -2.28. The molecule has 22 heavy (non-hydrogen) atoms. The van der Waals surface area contributed by atoms with Gasteiger partial charge in [-0.3, -0.25) is 9.13 Å². The molecule has 2 N–H and O–H groups in total. The van der Waals surface area contributed by atoms with E-state index in [9.17, 15) is 4.79 Å². The maximum atomic E-state index is 12.5. The Morgan fingerprint density at radius 3 is 2.55 bits per heavy atom. The number of nitrogens with two attached hydrogens (primary N) is 1. The molecule has 1 aliphatic rings. The van der Waals surface area contributed by atoms with Crippen LogP contribution in [0.4, 0.5) is 0 Å². The van der Waals surface area contributed by atoms with Gasteiger partial charge >= 0.3 is 5.69 Å². The summed E-state index contributed by atoms with van der Waals surface area (Å²) in [6.45, 7) is 4.71. The van der Waals surface area contributed by atoms with Gasteiger partial charge in [0.2, 0.25) is 0 Å². The second-order valence-corrected chi connectivity index (χ2v) is 6.69. The van der Waals surface area contributed by atoms with E-state index in [0.29, 0.717) is 6.54 Å². The van der Waals surface area contributed by atoms with Gasteiger partial charge in [0.15, 0.2) is 0 Å². The first kappa shape index (κ1) is 15.1. The van der Waals surface area contributed by atoms with Crippen molar-refractivity contribution in [1.29, 1.82) is 0 Å². The van der Waals surface area contributed by atoms with Crippen LogP contribution in [0.5, 0.6) is 0 Å². The highest BCUT2D eigenvalue weighted by atomic mass is 16.1. The SMILES string of the molecule is CC(C)n1ccn(-c2cccc(C3(CN)CCCC3)c2)c1=O. The first-order valence-corrected chi connectivity index (χ1v) is 8.18. The van der Waals surface area contributed by atoms with Crippen LogP contribution in [0.3, 0.4) is 0 Å². The third kappa shape index (κ3) is 2.41. The molecule has 0 unspecified atom stereocenters. The van der Waals surface area contributed by atoms with E-state index in [0.717, 1.165) is 18.5 Å². The van der Waals surface area contributed by atoms with Gasteiger partial charge in [-0.05, 0) is 44.4 Å². The smallest absolute Gasteiger partial charge is 0.330 e. The van der Waals surface area contributed by atoms with Gasteiger partial charge in [-0.1, -0.05) is 25.0 Å². The largest absolute Gasteiger partial charge is 0.332 e. The molecular formula is C18H25N3O. The summed E-state index contributed by atoms with van der Waals surface area (Å²) in [6.07, 6.45) is 8.49. The van der Waals surface area contributed by atoms with Gasteiger partial charge in [0, 0.05) is 30.4 Å². The molecular weight excluding hydrogens is 274 g/mol. The van der Waals surface area contributed by atoms with E-state index in [4.69, 9.17) is 5.73 Å². The van der Waals surface area contributed by atoms with Crippen LogP contribution in [0.2, 0.25) is 0 Å². The van der Waals surface area contributed by atoms with Crippen molar-refractivity contribution in [2.24, 2.45) is 5.73 Å². The lowest BCUT2D eigenvalue weighted by atomic mass is 9.79. The summed E-state index contributed by atoms with van der Waals surface area (Å²) >= 11 is 0. The fourth-order valence-corrected chi connectivity index (χ4v) is 3.63. The standard InChI is InChI=1S/C18H25N3O/c1-14(2)20-10-11-21(17(20)22)16-7-5-6-15(12-16)18(13-19)8-3-4-9-18/h5-7,10-12,14H,3-4,8-9,13,19H2,1-2H3. The first-order chi connectivity index (χ1) is 10.6. The van der Waals surface area contributed by atoms with E-state index >= 15 is 0 Å². The molecule has 0 radical (unpaired) electrons. The fourth-order valence-electron chi connectivity index (χ4n) is 3.63. The normalized spacial score (nSPS) is 17.3. The number of rotatable bonds is 4. The molecule has 0 atom stereocenters. The number of nitrogens with zero attached hydrogens (tertiary/aromatic N) is 2. The number of imidazole rings is 1. The van der Waals surface area contributed by atoms with Crippen LogP contribution >= 0.6 is 0 Å². The molecule has 118 valence electrons. The van der Waals surface area contributed by atoms with E-state index in [-0.39, 0.29) is 17.1 Å². The highest BCUT2D eigenvalue weighted by molar-refractivity contribution is 5.40. The Labute approximate surface area is 131 Å². The highest BCUT2D eigenvalue weighted by Gasteiger charge is 2.34. The van der Waals surface area contributed by atoms with E-state index in [1.165, 1.54) is 18.4 Å². The van der Waals surface area contributed by atoms with E-state index in [2.05, 4.69) is 12.1 Å². The minimum absolute atomic E-state index is 0.0142. The Bertz CT molecular complexity index is 705. The molecule has 0 saturated heterocycles. The predicted octanol–water partition coefficient (Wildman–Crippen LogP) is 2.99. The number of benzene rings is 1. The summed E-state index contributed by atoms with van der Waals surface area (Å²) in [7, 11) is 0. The average molecular weight is 299 g/mol. The van der Waals surface area contributed by atoms with Crippen LogP contribution in [0.25, 0.3) is 5.69 Å². The van der Waals surface area contributed by atoms with Crippen molar-refractivity contribution >= 4 is 0 Å². The van der Waals surface area contributed by atoms with Crippen LogP contribution in [-0.4, -0.2) is 15.7 Å². The van der Waals surface area contributed by atoms with Gasteiger partial charge in [0.25, 0.3) is 0 Å². The number of aromatic nitrogens is 2. The van der Waals surface area contributed by atoms with Crippen LogP contribution in [0, 0.1) is 0 Å². The predicted molar refractivity (Wildman–Crippen MR) is 89.6 cm³/mol. The topological polar surface area (TPSA) is 52.9 Å². The van der Waals surface area contributed by atoms with Crippen LogP contribution in [-0.2, 0) is 5.41 Å². The van der Waals surface area contributed by atoms with Crippen molar-refractivity contribution in [2.45, 2.75) is 51.0 Å². The van der Waals surface area contributed by atoms with Gasteiger partial charge in [-0.25, -0.2) is 4.79 Å². The molecule has 2 aromatic rings. The quantitative estimate of drug-likeness (QED) is 0.943. The second-order valence-electron chi connectivity index (χ2n) is 6.69.